The average molecular weight is 174 g/mol. The van der Waals surface area contributed by atoms with Gasteiger partial charge in [-0.25, -0.2) is 0 Å². The summed E-state index contributed by atoms with van der Waals surface area (Å²) < 4.78 is 4.24. The Labute approximate surface area is 66.3 Å². The van der Waals surface area contributed by atoms with Crippen LogP contribution in [0.2, 0.25) is 0 Å². The van der Waals surface area contributed by atoms with E-state index in [1.54, 1.807) is 10.8 Å². The Morgan fingerprint density at radius 1 is 1.50 bits per heavy atom. The highest BCUT2D eigenvalue weighted by Crippen LogP contribution is 2.03. The van der Waals surface area contributed by atoms with E-state index in [1.807, 2.05) is 0 Å². The SMILES string of the molecule is N#CSCC(=O)OSC#N. The van der Waals surface area contributed by atoms with E-state index in [4.69, 9.17) is 10.5 Å². The van der Waals surface area contributed by atoms with Crippen LogP contribution in [-0.2, 0) is 8.98 Å². The monoisotopic (exact) mass is 174 g/mol. The molecule has 0 aromatic rings. The van der Waals surface area contributed by atoms with Crippen LogP contribution < -0.4 is 0 Å². The molecule has 0 amide bonds. The fourth-order valence-electron chi connectivity index (χ4n) is 0.180. The van der Waals surface area contributed by atoms with Crippen LogP contribution in [0.25, 0.3) is 0 Å². The smallest absolute Gasteiger partial charge is 0.330 e. The fraction of sp³-hybridized carbons (Fsp3) is 0.250. The van der Waals surface area contributed by atoms with Gasteiger partial charge < -0.3 is 4.18 Å². The van der Waals surface area contributed by atoms with E-state index in [0.29, 0.717) is 12.0 Å². The molecule has 0 fully saturated rings. The highest BCUT2D eigenvalue weighted by atomic mass is 32.2. The molecule has 0 unspecified atom stereocenters. The Morgan fingerprint density at radius 2 is 2.20 bits per heavy atom. The lowest BCUT2D eigenvalue weighted by molar-refractivity contribution is -0.130. The van der Waals surface area contributed by atoms with Gasteiger partial charge in [0.2, 0.25) is 0 Å². The fourth-order valence-corrected chi connectivity index (χ4v) is 0.685. The first-order valence-electron chi connectivity index (χ1n) is 2.07. The van der Waals surface area contributed by atoms with Crippen molar-refractivity contribution in [3.05, 3.63) is 0 Å². The van der Waals surface area contributed by atoms with Crippen molar-refractivity contribution >= 4 is 29.8 Å². The van der Waals surface area contributed by atoms with Gasteiger partial charge in [0.1, 0.15) is 11.2 Å². The number of thioether (sulfide) groups is 1. The lowest BCUT2D eigenvalue weighted by Crippen LogP contribution is -2.00. The third kappa shape index (κ3) is 5.29. The van der Waals surface area contributed by atoms with Gasteiger partial charge in [0.25, 0.3) is 0 Å². The molecule has 0 radical (unpaired) electrons. The summed E-state index contributed by atoms with van der Waals surface area (Å²) >= 11 is 1.17. The number of carbonyl (C=O) groups is 1. The van der Waals surface area contributed by atoms with Crippen molar-refractivity contribution in [2.75, 3.05) is 5.75 Å². The molecule has 6 heteroatoms. The molecule has 0 rings (SSSR count). The number of nitrogens with zero attached hydrogens (tertiary/aromatic N) is 2. The van der Waals surface area contributed by atoms with Gasteiger partial charge in [0.15, 0.2) is 17.4 Å². The lowest BCUT2D eigenvalue weighted by atomic mass is 10.8. The van der Waals surface area contributed by atoms with E-state index in [1.165, 1.54) is 0 Å². The van der Waals surface area contributed by atoms with Crippen LogP contribution in [-0.4, -0.2) is 11.7 Å². The topological polar surface area (TPSA) is 73.9 Å². The van der Waals surface area contributed by atoms with Gasteiger partial charge in [-0.2, -0.15) is 10.5 Å². The molecular weight excluding hydrogens is 172 g/mol. The van der Waals surface area contributed by atoms with Crippen molar-refractivity contribution in [2.45, 2.75) is 0 Å². The molecule has 10 heavy (non-hydrogen) atoms. The van der Waals surface area contributed by atoms with Crippen LogP contribution in [0.4, 0.5) is 0 Å². The van der Waals surface area contributed by atoms with Crippen molar-refractivity contribution in [3.63, 3.8) is 0 Å². The highest BCUT2D eigenvalue weighted by Gasteiger charge is 2.01. The molecule has 0 aliphatic carbocycles. The minimum atomic E-state index is -0.571. The summed E-state index contributed by atoms with van der Waals surface area (Å²) in [5.41, 5.74) is 0. The number of thiocyanates is 2. The van der Waals surface area contributed by atoms with Gasteiger partial charge in [-0.3, -0.25) is 4.79 Å². The third-order valence-electron chi connectivity index (χ3n) is 0.426. The van der Waals surface area contributed by atoms with E-state index in [9.17, 15) is 4.79 Å². The number of hydrogen-bond donors (Lipinski definition) is 0. The summed E-state index contributed by atoms with van der Waals surface area (Å²) in [6.45, 7) is 0. The van der Waals surface area contributed by atoms with Crippen LogP contribution in [0.1, 0.15) is 0 Å². The second kappa shape index (κ2) is 6.27. The maximum atomic E-state index is 10.4. The maximum absolute atomic E-state index is 10.4. The number of carbonyl (C=O) groups excluding carboxylic acids is 1. The Balaban J connectivity index is 3.30. The molecule has 0 aliphatic heterocycles. The zero-order valence-electron chi connectivity index (χ0n) is 4.73. The van der Waals surface area contributed by atoms with E-state index in [2.05, 4.69) is 4.18 Å². The van der Waals surface area contributed by atoms with Crippen LogP contribution in [0.5, 0.6) is 0 Å². The molecule has 0 aliphatic rings. The zero-order valence-corrected chi connectivity index (χ0v) is 6.37. The van der Waals surface area contributed by atoms with Gasteiger partial charge in [-0.15, -0.1) is 0 Å². The van der Waals surface area contributed by atoms with Crippen LogP contribution >= 0.6 is 23.8 Å². The van der Waals surface area contributed by atoms with Crippen molar-refractivity contribution < 1.29 is 8.98 Å². The zero-order chi connectivity index (χ0) is 7.82. The van der Waals surface area contributed by atoms with E-state index < -0.39 is 5.97 Å². The first-order chi connectivity index (χ1) is 4.81. The Bertz CT molecular complexity index is 172. The molecule has 0 aromatic carbocycles. The van der Waals surface area contributed by atoms with E-state index in [-0.39, 0.29) is 5.75 Å². The molecule has 0 bridgehead atoms. The predicted molar refractivity (Wildman–Crippen MR) is 37.4 cm³/mol. The third-order valence-corrected chi connectivity index (χ3v) is 1.28. The van der Waals surface area contributed by atoms with Gasteiger partial charge in [-0.05, 0) is 11.8 Å². The van der Waals surface area contributed by atoms with Gasteiger partial charge >= 0.3 is 5.97 Å². The van der Waals surface area contributed by atoms with Gasteiger partial charge in [-0.1, -0.05) is 0 Å². The van der Waals surface area contributed by atoms with Crippen molar-refractivity contribution in [3.8, 4) is 10.8 Å². The second-order valence-corrected chi connectivity index (χ2v) is 2.29. The molecule has 4 nitrogen and oxygen atoms in total. The van der Waals surface area contributed by atoms with Crippen molar-refractivity contribution in [2.24, 2.45) is 0 Å². The molecule has 0 saturated heterocycles. The van der Waals surface area contributed by atoms with Crippen LogP contribution in [0.3, 0.4) is 0 Å². The first kappa shape index (κ1) is 9.15. The quantitative estimate of drug-likeness (QED) is 0.467. The molecule has 52 valence electrons. The van der Waals surface area contributed by atoms with Crippen LogP contribution in [0, 0.1) is 21.3 Å². The normalized spacial score (nSPS) is 7.40. The number of hydrogen-bond acceptors (Lipinski definition) is 6. The molecule has 0 atom stereocenters. The Kier molecular flexibility index (Phi) is 5.74. The summed E-state index contributed by atoms with van der Waals surface area (Å²) in [6, 6.07) is 0. The van der Waals surface area contributed by atoms with E-state index >= 15 is 0 Å². The Hall–Kier alpha value is -0.850. The highest BCUT2D eigenvalue weighted by molar-refractivity contribution is 8.04. The summed E-state index contributed by atoms with van der Waals surface area (Å²) in [5, 5.41) is 19.1. The molecule has 0 spiro atoms. The van der Waals surface area contributed by atoms with Crippen molar-refractivity contribution in [1.82, 2.24) is 0 Å². The van der Waals surface area contributed by atoms with Crippen molar-refractivity contribution in [1.29, 1.82) is 10.5 Å². The molecule has 0 N–H and O–H groups in total. The summed E-state index contributed by atoms with van der Waals surface area (Å²) in [7, 11) is 0. The Morgan fingerprint density at radius 3 is 2.70 bits per heavy atom. The minimum Gasteiger partial charge on any atom is -0.375 e. The first-order valence-corrected chi connectivity index (χ1v) is 3.80. The largest absolute Gasteiger partial charge is 0.375 e. The second-order valence-electron chi connectivity index (χ2n) is 1.01. The predicted octanol–water partition coefficient (Wildman–Crippen LogP) is 0.873. The van der Waals surface area contributed by atoms with E-state index in [0.717, 1.165) is 11.8 Å². The summed E-state index contributed by atoms with van der Waals surface area (Å²) in [4.78, 5) is 10.4. The number of rotatable bonds is 3. The van der Waals surface area contributed by atoms with Gasteiger partial charge in [0, 0.05) is 0 Å². The molecule has 0 heterocycles. The molecule has 0 aromatic heterocycles. The van der Waals surface area contributed by atoms with Gasteiger partial charge in [0.05, 0.1) is 0 Å². The maximum Gasteiger partial charge on any atom is 0.330 e. The van der Waals surface area contributed by atoms with Crippen LogP contribution in [0.15, 0.2) is 0 Å². The molecular formula is C4H2N2O2S2. The summed E-state index contributed by atoms with van der Waals surface area (Å²) in [5.74, 6) is -0.608. The summed E-state index contributed by atoms with van der Waals surface area (Å²) in [6.07, 6.45) is 0. The lowest BCUT2D eigenvalue weighted by Gasteiger charge is -1.90. The average Bonchev–Trinajstić information content (AvgIpc) is 1.97. The minimum absolute atomic E-state index is 0.0365. The molecule has 0 saturated carbocycles. The standard InChI is InChI=1S/C4H2N2O2S2/c5-2-9-1-4(7)8-10-3-6/h1H2. The number of nitriles is 2.